The quantitative estimate of drug-likeness (QED) is 0.113. The highest BCUT2D eigenvalue weighted by molar-refractivity contribution is 5.97. The molecule has 6 amide bonds. The van der Waals surface area contributed by atoms with E-state index in [0.717, 1.165) is 24.8 Å². The van der Waals surface area contributed by atoms with Crippen molar-refractivity contribution in [2.45, 2.75) is 98.6 Å². The van der Waals surface area contributed by atoms with Gasteiger partial charge in [-0.3, -0.25) is 19.2 Å². The van der Waals surface area contributed by atoms with Gasteiger partial charge in [0.2, 0.25) is 11.8 Å². The molecule has 0 radical (unpaired) electrons. The second-order valence-corrected chi connectivity index (χ2v) is 14.2. The summed E-state index contributed by atoms with van der Waals surface area (Å²) in [6.45, 7) is 15.1. The molecule has 1 heterocycles. The van der Waals surface area contributed by atoms with Crippen LogP contribution in [-0.4, -0.2) is 66.2 Å². The summed E-state index contributed by atoms with van der Waals surface area (Å²) in [6, 6.07) is 5.40. The van der Waals surface area contributed by atoms with Crippen LogP contribution in [0.15, 0.2) is 48.7 Å². The fourth-order valence-corrected chi connectivity index (χ4v) is 5.26. The number of carbonyl (C=O) groups is 6. The number of rotatable bonds is 21. The van der Waals surface area contributed by atoms with Crippen LogP contribution in [0.4, 0.5) is 15.3 Å². The molecule has 0 unspecified atom stereocenters. The van der Waals surface area contributed by atoms with E-state index in [1.165, 1.54) is 6.08 Å². The number of nitrogens with two attached hydrogens (primary N) is 1. The van der Waals surface area contributed by atoms with Crippen molar-refractivity contribution in [2.24, 2.45) is 23.0 Å². The van der Waals surface area contributed by atoms with Gasteiger partial charge in [0.05, 0.1) is 6.04 Å². The molecule has 13 nitrogen and oxygen atoms in total. The number of anilines is 1. The van der Waals surface area contributed by atoms with Gasteiger partial charge in [0.25, 0.3) is 5.91 Å². The average Bonchev–Trinajstić information content (AvgIpc) is 3.35. The third kappa shape index (κ3) is 16.1. The molecule has 276 valence electrons. The lowest BCUT2D eigenvalue weighted by Gasteiger charge is -2.24. The highest BCUT2D eigenvalue weighted by atomic mass is 16.5. The van der Waals surface area contributed by atoms with Gasteiger partial charge in [-0.15, -0.1) is 0 Å². The van der Waals surface area contributed by atoms with Crippen LogP contribution < -0.4 is 27.0 Å². The Bertz CT molecular complexity index is 1350. The molecule has 0 aromatic heterocycles. The first-order chi connectivity index (χ1) is 23.6. The maximum atomic E-state index is 13.5. The van der Waals surface area contributed by atoms with Crippen LogP contribution in [0.5, 0.6) is 0 Å². The summed E-state index contributed by atoms with van der Waals surface area (Å²) >= 11 is 0. The monoisotopic (exact) mass is 696 g/mol. The number of amides is 6. The van der Waals surface area contributed by atoms with Crippen molar-refractivity contribution in [3.05, 3.63) is 54.3 Å². The van der Waals surface area contributed by atoms with E-state index in [0.29, 0.717) is 43.7 Å². The van der Waals surface area contributed by atoms with E-state index in [2.05, 4.69) is 48.6 Å². The molecule has 0 bridgehead atoms. The normalized spacial score (nSPS) is 13.9. The Morgan fingerprint density at radius 3 is 2.24 bits per heavy atom. The Balaban J connectivity index is 1.92. The second kappa shape index (κ2) is 20.7. The van der Waals surface area contributed by atoms with Gasteiger partial charge in [0.15, 0.2) is 5.78 Å². The number of hydrogen-bond donors (Lipinski definition) is 5. The van der Waals surface area contributed by atoms with E-state index in [1.807, 2.05) is 13.8 Å². The van der Waals surface area contributed by atoms with Crippen molar-refractivity contribution in [2.75, 3.05) is 25.0 Å². The largest absolute Gasteiger partial charge is 0.445 e. The van der Waals surface area contributed by atoms with Gasteiger partial charge >= 0.3 is 12.1 Å². The van der Waals surface area contributed by atoms with E-state index >= 15 is 0 Å². The molecule has 1 aliphatic rings. The highest BCUT2D eigenvalue weighted by Crippen LogP contribution is 2.20. The number of carbonyl (C=O) groups excluding carboxylic acids is 6. The fraction of sp³-hybridized carbons (Fsp3) is 0.568. The molecule has 0 spiro atoms. The summed E-state index contributed by atoms with van der Waals surface area (Å²) in [5.74, 6) is -1.91. The first-order valence-electron chi connectivity index (χ1n) is 17.4. The minimum atomic E-state index is -0.775. The molecule has 0 aliphatic carbocycles. The van der Waals surface area contributed by atoms with E-state index in [-0.39, 0.29) is 60.8 Å². The van der Waals surface area contributed by atoms with Gasteiger partial charge in [-0.1, -0.05) is 59.8 Å². The molecule has 2 rings (SSSR count). The summed E-state index contributed by atoms with van der Waals surface area (Å²) in [5, 5.41) is 11.0. The van der Waals surface area contributed by atoms with Crippen LogP contribution in [-0.2, 0) is 30.5 Å². The molecule has 1 aromatic carbocycles. The molecule has 50 heavy (non-hydrogen) atoms. The van der Waals surface area contributed by atoms with Crippen LogP contribution in [0.25, 0.3) is 0 Å². The Hall–Kier alpha value is -4.68. The number of primary amides is 1. The number of alkyl carbamates (subject to hydrolysis) is 1. The van der Waals surface area contributed by atoms with Gasteiger partial charge in [0.1, 0.15) is 6.61 Å². The molecule has 0 fully saturated rings. The van der Waals surface area contributed by atoms with Crippen molar-refractivity contribution in [3.63, 3.8) is 0 Å². The summed E-state index contributed by atoms with van der Waals surface area (Å²) in [6.07, 6.45) is 6.36. The summed E-state index contributed by atoms with van der Waals surface area (Å²) in [4.78, 5) is 76.3. The van der Waals surface area contributed by atoms with Crippen LogP contribution in [0, 0.1) is 17.3 Å². The van der Waals surface area contributed by atoms with Crippen LogP contribution in [0.1, 0.15) is 91.5 Å². The lowest BCUT2D eigenvalue weighted by molar-refractivity contribution is -0.131. The summed E-state index contributed by atoms with van der Waals surface area (Å²) in [5.41, 5.74) is 7.17. The smallest absolute Gasteiger partial charge is 0.407 e. The number of hydrogen-bond acceptors (Lipinski definition) is 7. The molecule has 6 N–H and O–H groups in total. The van der Waals surface area contributed by atoms with E-state index < -0.39 is 24.1 Å². The predicted octanol–water partition coefficient (Wildman–Crippen LogP) is 4.92. The zero-order chi connectivity index (χ0) is 37.3. The number of ether oxygens (including phenoxy) is 1. The molecule has 0 saturated heterocycles. The van der Waals surface area contributed by atoms with Gasteiger partial charge in [0, 0.05) is 55.9 Å². The minimum absolute atomic E-state index is 0.0648. The predicted molar refractivity (Wildman–Crippen MR) is 192 cm³/mol. The number of ketones is 1. The molecule has 0 saturated carbocycles. The molecule has 1 aromatic rings. The number of nitrogens with one attached hydrogen (secondary N) is 4. The maximum Gasteiger partial charge on any atom is 0.407 e. The summed E-state index contributed by atoms with van der Waals surface area (Å²) < 4.78 is 5.28. The van der Waals surface area contributed by atoms with Crippen molar-refractivity contribution in [1.82, 2.24) is 20.9 Å². The standard InChI is InChI=1S/C37H56N6O7/c1-25(2)33(42-31(45)12-8-7-9-22-43-26(3)13-18-32(43)46)30(44)23-28(11-10-20-39-35(38)48)34(47)41-29-16-14-27(15-17-29)24-50-36(49)40-21-19-37(4,5)6/h13-18,25,28,33H,3,7-12,19-24H2,1-2,4-6H3,(H,40,49)(H,41,47)(H,42,45)(H3,38,39,48)/t28-,33+/m1/s1. The van der Waals surface area contributed by atoms with Crippen molar-refractivity contribution >= 4 is 41.3 Å². The number of Topliss-reactive ketones (excluding diaryl/α,β-unsaturated/α-hetero) is 1. The third-order valence-electron chi connectivity index (χ3n) is 8.23. The zero-order valence-corrected chi connectivity index (χ0v) is 30.3. The highest BCUT2D eigenvalue weighted by Gasteiger charge is 2.29. The number of benzene rings is 1. The zero-order valence-electron chi connectivity index (χ0n) is 30.3. The topological polar surface area (TPSA) is 189 Å². The summed E-state index contributed by atoms with van der Waals surface area (Å²) in [7, 11) is 0. The van der Waals surface area contributed by atoms with Gasteiger partial charge in [-0.2, -0.15) is 0 Å². The van der Waals surface area contributed by atoms with E-state index in [1.54, 1.807) is 35.2 Å². The molecule has 13 heteroatoms. The first kappa shape index (κ1) is 41.5. The molecule has 2 atom stereocenters. The fourth-order valence-electron chi connectivity index (χ4n) is 5.26. The third-order valence-corrected chi connectivity index (χ3v) is 8.23. The lowest BCUT2D eigenvalue weighted by atomic mass is 9.89. The van der Waals surface area contributed by atoms with Gasteiger partial charge < -0.3 is 36.6 Å². The average molecular weight is 697 g/mol. The molecule has 1 aliphatic heterocycles. The lowest BCUT2D eigenvalue weighted by Crippen LogP contribution is -2.45. The Labute approximate surface area is 296 Å². The Morgan fingerprint density at radius 2 is 1.64 bits per heavy atom. The van der Waals surface area contributed by atoms with Crippen molar-refractivity contribution in [3.8, 4) is 0 Å². The number of urea groups is 1. The molecular formula is C37H56N6O7. The van der Waals surface area contributed by atoms with E-state index in [9.17, 15) is 28.8 Å². The SMILES string of the molecule is C=C1C=CC(=O)N1CCCCCC(=O)N[C@H](C(=O)C[C@@H](CCCNC(N)=O)C(=O)Nc1ccc(COC(=O)NCCC(C)(C)C)cc1)C(C)C. The minimum Gasteiger partial charge on any atom is -0.445 e. The van der Waals surface area contributed by atoms with E-state index in [4.69, 9.17) is 10.5 Å². The number of allylic oxidation sites excluding steroid dienone is 1. The van der Waals surface area contributed by atoms with Gasteiger partial charge in [-0.25, -0.2) is 9.59 Å². The number of unbranched alkanes of at least 4 members (excludes halogenated alkanes) is 2. The van der Waals surface area contributed by atoms with Gasteiger partial charge in [-0.05, 0) is 67.2 Å². The van der Waals surface area contributed by atoms with Crippen LogP contribution in [0.2, 0.25) is 0 Å². The van der Waals surface area contributed by atoms with Crippen LogP contribution >= 0.6 is 0 Å². The second-order valence-electron chi connectivity index (χ2n) is 14.2. The first-order valence-corrected chi connectivity index (χ1v) is 17.4. The molecular weight excluding hydrogens is 640 g/mol. The maximum absolute atomic E-state index is 13.5. The van der Waals surface area contributed by atoms with Crippen molar-refractivity contribution in [1.29, 1.82) is 0 Å². The van der Waals surface area contributed by atoms with Crippen molar-refractivity contribution < 1.29 is 33.5 Å². The van der Waals surface area contributed by atoms with Crippen LogP contribution in [0.3, 0.4) is 0 Å². The number of nitrogens with zero attached hydrogens (tertiary/aromatic N) is 1. The Kier molecular flexibility index (Phi) is 17.2. The Morgan fingerprint density at radius 1 is 0.940 bits per heavy atom.